The lowest BCUT2D eigenvalue weighted by Crippen LogP contribution is -2.23. The molecule has 0 aliphatic carbocycles. The molecule has 2 nitrogen and oxygen atoms in total. The first kappa shape index (κ1) is 13.1. The highest BCUT2D eigenvalue weighted by atomic mass is 19.1. The standard InChI is InChI=1S/C13H19FO2/c1-9-5-6-10(14)7-11(9)12(15)8-16-13(2,3)4/h5-7,12,15H,8H2,1-4H3. The summed E-state index contributed by atoms with van der Waals surface area (Å²) in [7, 11) is 0. The largest absolute Gasteiger partial charge is 0.386 e. The van der Waals surface area contributed by atoms with Crippen LogP contribution < -0.4 is 0 Å². The van der Waals surface area contributed by atoms with E-state index in [4.69, 9.17) is 4.74 Å². The van der Waals surface area contributed by atoms with Crippen LogP contribution in [0.3, 0.4) is 0 Å². The molecule has 90 valence electrons. The fourth-order valence-electron chi connectivity index (χ4n) is 1.39. The SMILES string of the molecule is Cc1ccc(F)cc1C(O)COC(C)(C)C. The van der Waals surface area contributed by atoms with Gasteiger partial charge in [-0.15, -0.1) is 0 Å². The normalized spacial score (nSPS) is 13.9. The third-order valence-corrected chi connectivity index (χ3v) is 2.27. The fraction of sp³-hybridized carbons (Fsp3) is 0.538. The smallest absolute Gasteiger partial charge is 0.123 e. The molecule has 16 heavy (non-hydrogen) atoms. The number of hydrogen-bond acceptors (Lipinski definition) is 2. The van der Waals surface area contributed by atoms with E-state index in [1.54, 1.807) is 6.07 Å². The average Bonchev–Trinajstić information content (AvgIpc) is 2.17. The summed E-state index contributed by atoms with van der Waals surface area (Å²) in [6.45, 7) is 7.76. The molecule has 0 radical (unpaired) electrons. The topological polar surface area (TPSA) is 29.5 Å². The lowest BCUT2D eigenvalue weighted by Gasteiger charge is -2.22. The summed E-state index contributed by atoms with van der Waals surface area (Å²) < 4.78 is 18.5. The summed E-state index contributed by atoms with van der Waals surface area (Å²) in [5, 5.41) is 9.90. The molecule has 0 spiro atoms. The van der Waals surface area contributed by atoms with Crippen molar-refractivity contribution in [3.05, 3.63) is 35.1 Å². The molecule has 0 amide bonds. The highest BCUT2D eigenvalue weighted by molar-refractivity contribution is 5.28. The van der Waals surface area contributed by atoms with Crippen molar-refractivity contribution in [2.45, 2.75) is 39.4 Å². The Morgan fingerprint density at radius 1 is 1.38 bits per heavy atom. The second-order valence-corrected chi connectivity index (χ2v) is 4.94. The van der Waals surface area contributed by atoms with Gasteiger partial charge in [-0.25, -0.2) is 4.39 Å². The van der Waals surface area contributed by atoms with E-state index in [1.807, 2.05) is 27.7 Å². The Kier molecular flexibility index (Phi) is 4.05. The van der Waals surface area contributed by atoms with Crippen LogP contribution in [0, 0.1) is 12.7 Å². The molecule has 1 rings (SSSR count). The van der Waals surface area contributed by atoms with Crippen molar-refractivity contribution in [2.24, 2.45) is 0 Å². The van der Waals surface area contributed by atoms with Crippen molar-refractivity contribution in [1.29, 1.82) is 0 Å². The maximum absolute atomic E-state index is 13.0. The zero-order valence-electron chi connectivity index (χ0n) is 10.2. The molecule has 0 fully saturated rings. The van der Waals surface area contributed by atoms with Gasteiger partial charge in [0.05, 0.1) is 12.2 Å². The van der Waals surface area contributed by atoms with Crippen LogP contribution in [-0.4, -0.2) is 17.3 Å². The molecule has 1 N–H and O–H groups in total. The van der Waals surface area contributed by atoms with Gasteiger partial charge >= 0.3 is 0 Å². The molecular formula is C13H19FO2. The summed E-state index contributed by atoms with van der Waals surface area (Å²) in [6.07, 6.45) is -0.782. The predicted molar refractivity (Wildman–Crippen MR) is 61.8 cm³/mol. The number of halogens is 1. The molecular weight excluding hydrogens is 207 g/mol. The summed E-state index contributed by atoms with van der Waals surface area (Å²) in [4.78, 5) is 0. The minimum absolute atomic E-state index is 0.174. The Bertz CT molecular complexity index is 355. The number of hydrogen-bond donors (Lipinski definition) is 1. The van der Waals surface area contributed by atoms with Gasteiger partial charge in [0.1, 0.15) is 11.9 Å². The van der Waals surface area contributed by atoms with Gasteiger partial charge in [-0.1, -0.05) is 6.07 Å². The number of aryl methyl sites for hydroxylation is 1. The van der Waals surface area contributed by atoms with Gasteiger partial charge in [0.15, 0.2) is 0 Å². The minimum Gasteiger partial charge on any atom is -0.386 e. The maximum atomic E-state index is 13.0. The molecule has 1 atom stereocenters. The van der Waals surface area contributed by atoms with Crippen LogP contribution in [0.2, 0.25) is 0 Å². The van der Waals surface area contributed by atoms with E-state index in [0.717, 1.165) is 5.56 Å². The molecule has 0 aliphatic heterocycles. The first-order chi connectivity index (χ1) is 7.29. The zero-order chi connectivity index (χ0) is 12.3. The van der Waals surface area contributed by atoms with Crippen LogP contribution in [-0.2, 0) is 4.74 Å². The molecule has 0 aromatic heterocycles. The second kappa shape index (κ2) is 4.93. The van der Waals surface area contributed by atoms with Crippen molar-refractivity contribution in [3.8, 4) is 0 Å². The van der Waals surface area contributed by atoms with Crippen molar-refractivity contribution in [2.75, 3.05) is 6.61 Å². The Morgan fingerprint density at radius 3 is 2.56 bits per heavy atom. The molecule has 0 bridgehead atoms. The third-order valence-electron chi connectivity index (χ3n) is 2.27. The van der Waals surface area contributed by atoms with Crippen LogP contribution in [0.1, 0.15) is 38.0 Å². The predicted octanol–water partition coefficient (Wildman–Crippen LogP) is 2.98. The van der Waals surface area contributed by atoms with Crippen LogP contribution >= 0.6 is 0 Å². The van der Waals surface area contributed by atoms with E-state index in [2.05, 4.69) is 0 Å². The van der Waals surface area contributed by atoms with E-state index < -0.39 is 6.10 Å². The number of aliphatic hydroxyl groups is 1. The van der Waals surface area contributed by atoms with Crippen LogP contribution in [0.15, 0.2) is 18.2 Å². The van der Waals surface area contributed by atoms with Crippen LogP contribution in [0.5, 0.6) is 0 Å². The van der Waals surface area contributed by atoms with Gasteiger partial charge in [-0.05, 0) is 51.0 Å². The first-order valence-electron chi connectivity index (χ1n) is 5.37. The molecule has 0 saturated carbocycles. The number of rotatable bonds is 3. The van der Waals surface area contributed by atoms with Crippen LogP contribution in [0.4, 0.5) is 4.39 Å². The van der Waals surface area contributed by atoms with Gasteiger partial charge in [-0.3, -0.25) is 0 Å². The van der Waals surface area contributed by atoms with E-state index >= 15 is 0 Å². The molecule has 3 heteroatoms. The Morgan fingerprint density at radius 2 is 2.00 bits per heavy atom. The van der Waals surface area contributed by atoms with E-state index in [9.17, 15) is 9.50 Å². The molecule has 1 aromatic carbocycles. The van der Waals surface area contributed by atoms with Crippen LogP contribution in [0.25, 0.3) is 0 Å². The molecule has 1 unspecified atom stereocenters. The van der Waals surface area contributed by atoms with Gasteiger partial charge < -0.3 is 9.84 Å². The summed E-state index contributed by atoms with van der Waals surface area (Å²) >= 11 is 0. The lowest BCUT2D eigenvalue weighted by molar-refractivity contribution is -0.0498. The Balaban J connectivity index is 2.73. The monoisotopic (exact) mass is 226 g/mol. The highest BCUT2D eigenvalue weighted by Gasteiger charge is 2.16. The number of benzene rings is 1. The van der Waals surface area contributed by atoms with Crippen molar-refractivity contribution >= 4 is 0 Å². The van der Waals surface area contributed by atoms with Crippen molar-refractivity contribution < 1.29 is 14.2 Å². The van der Waals surface area contributed by atoms with Gasteiger partial charge in [0.2, 0.25) is 0 Å². The second-order valence-electron chi connectivity index (χ2n) is 4.94. The first-order valence-corrected chi connectivity index (χ1v) is 5.37. The third kappa shape index (κ3) is 3.91. The van der Waals surface area contributed by atoms with E-state index in [-0.39, 0.29) is 18.0 Å². The Labute approximate surface area is 96.1 Å². The summed E-state index contributed by atoms with van der Waals surface area (Å²) in [5.41, 5.74) is 1.15. The quantitative estimate of drug-likeness (QED) is 0.858. The van der Waals surface area contributed by atoms with E-state index in [1.165, 1.54) is 12.1 Å². The van der Waals surface area contributed by atoms with Gasteiger partial charge in [0, 0.05) is 0 Å². The van der Waals surface area contributed by atoms with Crippen molar-refractivity contribution in [1.82, 2.24) is 0 Å². The lowest BCUT2D eigenvalue weighted by atomic mass is 10.0. The van der Waals surface area contributed by atoms with E-state index in [0.29, 0.717) is 5.56 Å². The van der Waals surface area contributed by atoms with Gasteiger partial charge in [-0.2, -0.15) is 0 Å². The van der Waals surface area contributed by atoms with Crippen molar-refractivity contribution in [3.63, 3.8) is 0 Å². The number of ether oxygens (including phenoxy) is 1. The maximum Gasteiger partial charge on any atom is 0.123 e. The zero-order valence-corrected chi connectivity index (χ0v) is 10.2. The average molecular weight is 226 g/mol. The molecule has 0 saturated heterocycles. The molecule has 1 aromatic rings. The minimum atomic E-state index is -0.782. The Hall–Kier alpha value is -0.930. The number of aliphatic hydroxyl groups excluding tert-OH is 1. The summed E-state index contributed by atoms with van der Waals surface area (Å²) in [5.74, 6) is -0.338. The fourth-order valence-corrected chi connectivity index (χ4v) is 1.39. The highest BCUT2D eigenvalue weighted by Crippen LogP contribution is 2.21. The molecule has 0 aliphatic rings. The summed E-state index contributed by atoms with van der Waals surface area (Å²) in [6, 6.07) is 4.40. The molecule has 0 heterocycles. The van der Waals surface area contributed by atoms with Gasteiger partial charge in [0.25, 0.3) is 0 Å².